The summed E-state index contributed by atoms with van der Waals surface area (Å²) in [6.07, 6.45) is 4.59. The third-order valence-corrected chi connectivity index (χ3v) is 16.0. The van der Waals surface area contributed by atoms with Crippen molar-refractivity contribution in [2.45, 2.75) is 0 Å². The van der Waals surface area contributed by atoms with Crippen LogP contribution in [-0.2, 0) is 0 Å². The Morgan fingerprint density at radius 3 is 0.774 bits per heavy atom. The minimum atomic E-state index is 1.08. The van der Waals surface area contributed by atoms with Gasteiger partial charge < -0.3 is 9.80 Å². The highest BCUT2D eigenvalue weighted by Gasteiger charge is 2.20. The van der Waals surface area contributed by atoms with Gasteiger partial charge in [-0.25, -0.2) is 0 Å². The Balaban J connectivity index is 0.835. The standard InChI is InChI=1S/C82H58N2/c1-7-23-61(24-8-1)77(62-25-9-2-10-26-62)55-59-39-47-71(48-40-59)83(69-33-15-5-16-34-69)73-51-43-65(44-52-73)81-75-37-21-19-31-67(75)58-80-79(81)57-68-32-20-22-38-76(68)82(80)66-45-53-74(54-46-66)84(70-35-17-6-18-36-70)72-49-41-60(42-50-72)56-78(63-27-11-3-12-28-63)64-29-13-4-14-30-64/h1-58H. The number of hydrogen-bond donors (Lipinski definition) is 0. The van der Waals surface area contributed by atoms with Gasteiger partial charge in [0.2, 0.25) is 0 Å². The maximum atomic E-state index is 2.41. The lowest BCUT2D eigenvalue weighted by atomic mass is 9.86. The van der Waals surface area contributed by atoms with Gasteiger partial charge in [0.25, 0.3) is 0 Å². The van der Waals surface area contributed by atoms with Crippen molar-refractivity contribution in [1.82, 2.24) is 0 Å². The molecule has 0 amide bonds. The van der Waals surface area contributed by atoms with Crippen molar-refractivity contribution in [2.75, 3.05) is 9.80 Å². The Morgan fingerprint density at radius 1 is 0.214 bits per heavy atom. The first-order valence-corrected chi connectivity index (χ1v) is 28.8. The van der Waals surface area contributed by atoms with E-state index in [0.717, 1.165) is 56.4 Å². The molecule has 14 aromatic rings. The summed E-state index contributed by atoms with van der Waals surface area (Å²) < 4.78 is 0. The predicted octanol–water partition coefficient (Wildman–Crippen LogP) is 22.6. The smallest absolute Gasteiger partial charge is 0.0462 e. The number of anilines is 6. The van der Waals surface area contributed by atoms with Crippen LogP contribution in [0.5, 0.6) is 0 Å². The van der Waals surface area contributed by atoms with E-state index in [-0.39, 0.29) is 0 Å². The molecule has 396 valence electrons. The summed E-state index contributed by atoms with van der Waals surface area (Å²) in [6, 6.07) is 123. The molecule has 2 heteroatoms. The summed E-state index contributed by atoms with van der Waals surface area (Å²) in [4.78, 5) is 4.70. The summed E-state index contributed by atoms with van der Waals surface area (Å²) in [5.74, 6) is 0. The highest BCUT2D eigenvalue weighted by Crippen LogP contribution is 2.46. The van der Waals surface area contributed by atoms with Crippen molar-refractivity contribution in [1.29, 1.82) is 0 Å². The molecule has 0 aliphatic carbocycles. The molecule has 0 aromatic heterocycles. The van der Waals surface area contributed by atoms with Crippen LogP contribution in [0.25, 0.3) is 77.9 Å². The van der Waals surface area contributed by atoms with Crippen LogP contribution in [-0.4, -0.2) is 0 Å². The van der Waals surface area contributed by atoms with Crippen LogP contribution in [0.4, 0.5) is 34.1 Å². The molecule has 0 fully saturated rings. The summed E-state index contributed by atoms with van der Waals surface area (Å²) >= 11 is 0. The van der Waals surface area contributed by atoms with E-state index >= 15 is 0 Å². The molecule has 0 saturated heterocycles. The quantitative estimate of drug-likeness (QED) is 0.0791. The van der Waals surface area contributed by atoms with Crippen molar-refractivity contribution in [3.63, 3.8) is 0 Å². The summed E-state index contributed by atoms with van der Waals surface area (Å²) in [5, 5.41) is 7.28. The normalized spacial score (nSPS) is 11.1. The molecule has 2 nitrogen and oxygen atoms in total. The summed E-state index contributed by atoms with van der Waals surface area (Å²) in [7, 11) is 0. The van der Waals surface area contributed by atoms with E-state index in [0.29, 0.717) is 0 Å². The van der Waals surface area contributed by atoms with Gasteiger partial charge in [-0.1, -0.05) is 255 Å². The van der Waals surface area contributed by atoms with Gasteiger partial charge in [-0.2, -0.15) is 0 Å². The van der Waals surface area contributed by atoms with E-state index in [2.05, 4.69) is 362 Å². The molecule has 0 unspecified atom stereocenters. The van der Waals surface area contributed by atoms with Crippen LogP contribution in [0.15, 0.2) is 340 Å². The van der Waals surface area contributed by atoms with E-state index in [1.165, 1.54) is 76.8 Å². The second-order valence-electron chi connectivity index (χ2n) is 21.2. The average Bonchev–Trinajstić information content (AvgIpc) is 1.59. The van der Waals surface area contributed by atoms with Crippen molar-refractivity contribution >= 4 is 89.7 Å². The van der Waals surface area contributed by atoms with Crippen LogP contribution in [0.3, 0.4) is 0 Å². The van der Waals surface area contributed by atoms with Crippen LogP contribution in [0.1, 0.15) is 33.4 Å². The molecular weight excluding hydrogens is 1010 g/mol. The van der Waals surface area contributed by atoms with Gasteiger partial charge in [0.05, 0.1) is 0 Å². The minimum Gasteiger partial charge on any atom is -0.311 e. The van der Waals surface area contributed by atoms with Crippen LogP contribution < -0.4 is 9.80 Å². The van der Waals surface area contributed by atoms with Gasteiger partial charge in [0.15, 0.2) is 0 Å². The third-order valence-electron chi connectivity index (χ3n) is 16.0. The molecule has 0 atom stereocenters. The van der Waals surface area contributed by atoms with Gasteiger partial charge in [-0.15, -0.1) is 0 Å². The second-order valence-corrected chi connectivity index (χ2v) is 21.2. The fourth-order valence-electron chi connectivity index (χ4n) is 12.0. The van der Waals surface area contributed by atoms with Crippen LogP contribution >= 0.6 is 0 Å². The van der Waals surface area contributed by atoms with Crippen LogP contribution in [0.2, 0.25) is 0 Å². The lowest BCUT2D eigenvalue weighted by Crippen LogP contribution is -2.09. The van der Waals surface area contributed by atoms with Gasteiger partial charge in [-0.3, -0.25) is 0 Å². The zero-order valence-corrected chi connectivity index (χ0v) is 46.4. The molecule has 0 radical (unpaired) electrons. The molecule has 0 saturated carbocycles. The first-order chi connectivity index (χ1) is 41.7. The van der Waals surface area contributed by atoms with Crippen molar-refractivity contribution < 1.29 is 0 Å². The zero-order chi connectivity index (χ0) is 56.0. The monoisotopic (exact) mass is 1070 g/mol. The summed E-state index contributed by atoms with van der Waals surface area (Å²) in [6.45, 7) is 0. The molecule has 0 heterocycles. The first kappa shape index (κ1) is 51.1. The average molecular weight is 1070 g/mol. The van der Waals surface area contributed by atoms with E-state index < -0.39 is 0 Å². The van der Waals surface area contributed by atoms with Crippen molar-refractivity contribution in [3.8, 4) is 22.3 Å². The Morgan fingerprint density at radius 2 is 0.464 bits per heavy atom. The molecule has 0 aliphatic heterocycles. The van der Waals surface area contributed by atoms with Crippen LogP contribution in [0, 0.1) is 0 Å². The Kier molecular flexibility index (Phi) is 14.1. The molecule has 0 bridgehead atoms. The number of para-hydroxylation sites is 2. The Hall–Kier alpha value is -11.1. The highest BCUT2D eigenvalue weighted by atomic mass is 15.1. The molecule has 0 spiro atoms. The highest BCUT2D eigenvalue weighted by molar-refractivity contribution is 6.22. The third kappa shape index (κ3) is 10.4. The molecular formula is C82H58N2. The van der Waals surface area contributed by atoms with E-state index in [1.54, 1.807) is 0 Å². The Labute approximate surface area is 492 Å². The summed E-state index contributed by atoms with van der Waals surface area (Å²) in [5.41, 5.74) is 20.7. The number of hydrogen-bond acceptors (Lipinski definition) is 2. The molecule has 0 N–H and O–H groups in total. The predicted molar refractivity (Wildman–Crippen MR) is 359 cm³/mol. The molecule has 84 heavy (non-hydrogen) atoms. The maximum Gasteiger partial charge on any atom is 0.0462 e. The number of nitrogens with zero attached hydrogens (tertiary/aromatic N) is 2. The van der Waals surface area contributed by atoms with Gasteiger partial charge in [-0.05, 0) is 196 Å². The Bertz CT molecular complexity index is 4230. The van der Waals surface area contributed by atoms with E-state index in [1.807, 2.05) is 0 Å². The lowest BCUT2D eigenvalue weighted by Gasteiger charge is -2.26. The number of rotatable bonds is 14. The molecule has 14 aromatic carbocycles. The second kappa shape index (κ2) is 23.2. The fraction of sp³-hybridized carbons (Fsp3) is 0. The topological polar surface area (TPSA) is 6.48 Å². The van der Waals surface area contributed by atoms with Gasteiger partial charge >= 0.3 is 0 Å². The number of benzene rings is 14. The molecule has 14 rings (SSSR count). The van der Waals surface area contributed by atoms with E-state index in [4.69, 9.17) is 0 Å². The fourth-order valence-corrected chi connectivity index (χ4v) is 12.0. The van der Waals surface area contributed by atoms with E-state index in [9.17, 15) is 0 Å². The van der Waals surface area contributed by atoms with Crippen molar-refractivity contribution in [3.05, 3.63) is 373 Å². The minimum absolute atomic E-state index is 1.08. The number of fused-ring (bicyclic) bond motifs is 3. The maximum absolute atomic E-state index is 2.41. The van der Waals surface area contributed by atoms with Gasteiger partial charge in [0, 0.05) is 34.1 Å². The zero-order valence-electron chi connectivity index (χ0n) is 46.4. The SMILES string of the molecule is C(=C(c1ccccc1)c1ccccc1)c1ccc(N(c2ccccc2)c2ccc(-c3c4ccccc4cc4c(-c5ccc(N(c6ccccc6)c6ccc(C=C(c7ccccc7)c7ccccc7)cc6)cc5)c5ccccc5cc34)cc2)cc1. The van der Waals surface area contributed by atoms with Gasteiger partial charge in [0.1, 0.15) is 0 Å². The lowest BCUT2D eigenvalue weighted by molar-refractivity contribution is 1.28. The van der Waals surface area contributed by atoms with Crippen molar-refractivity contribution in [2.24, 2.45) is 0 Å². The largest absolute Gasteiger partial charge is 0.311 e. The molecule has 0 aliphatic rings. The first-order valence-electron chi connectivity index (χ1n) is 28.8.